The van der Waals surface area contributed by atoms with E-state index in [-0.39, 0.29) is 5.60 Å². The van der Waals surface area contributed by atoms with Gasteiger partial charge in [-0.2, -0.15) is 0 Å². The first-order valence-electron chi connectivity index (χ1n) is 5.50. The highest BCUT2D eigenvalue weighted by atomic mass is 32.2. The third-order valence-electron chi connectivity index (χ3n) is 3.18. The third kappa shape index (κ3) is 2.68. The number of hydrogen-bond acceptors (Lipinski definition) is 4. The number of nitrogens with one attached hydrogen (secondary N) is 1. The van der Waals surface area contributed by atoms with Crippen molar-refractivity contribution in [3.8, 4) is 0 Å². The average molecular weight is 255 g/mol. The summed E-state index contributed by atoms with van der Waals surface area (Å²) in [6.45, 7) is 1.62. The Morgan fingerprint density at radius 1 is 1.41 bits per heavy atom. The predicted molar refractivity (Wildman–Crippen MR) is 65.9 cm³/mol. The SMILES string of the molecule is COC1(Cc2cccc(S(C)(=O)=O)c2)CNC1. The van der Waals surface area contributed by atoms with Crippen LogP contribution in [0.3, 0.4) is 0 Å². The summed E-state index contributed by atoms with van der Waals surface area (Å²) in [5.41, 5.74) is 0.826. The van der Waals surface area contributed by atoms with Gasteiger partial charge in [0, 0.05) is 32.9 Å². The molecule has 1 aromatic rings. The van der Waals surface area contributed by atoms with Crippen molar-refractivity contribution in [3.63, 3.8) is 0 Å². The molecule has 0 aromatic heterocycles. The van der Waals surface area contributed by atoms with E-state index in [0.717, 1.165) is 25.1 Å². The first kappa shape index (κ1) is 12.5. The van der Waals surface area contributed by atoms with Crippen LogP contribution in [0.25, 0.3) is 0 Å². The van der Waals surface area contributed by atoms with Crippen molar-refractivity contribution in [1.29, 1.82) is 0 Å². The Morgan fingerprint density at radius 3 is 2.59 bits per heavy atom. The molecule has 0 atom stereocenters. The molecule has 4 nitrogen and oxygen atoms in total. The summed E-state index contributed by atoms with van der Waals surface area (Å²) >= 11 is 0. The quantitative estimate of drug-likeness (QED) is 0.857. The van der Waals surface area contributed by atoms with Gasteiger partial charge in [-0.15, -0.1) is 0 Å². The molecule has 0 unspecified atom stereocenters. The minimum absolute atomic E-state index is 0.171. The van der Waals surface area contributed by atoms with E-state index < -0.39 is 9.84 Å². The van der Waals surface area contributed by atoms with Crippen molar-refractivity contribution in [2.75, 3.05) is 26.5 Å². The zero-order valence-electron chi connectivity index (χ0n) is 10.1. The molecule has 1 fully saturated rings. The molecule has 0 amide bonds. The first-order chi connectivity index (χ1) is 7.95. The molecular weight excluding hydrogens is 238 g/mol. The molecule has 1 heterocycles. The molecule has 1 N–H and O–H groups in total. The minimum atomic E-state index is -3.13. The van der Waals surface area contributed by atoms with Crippen molar-refractivity contribution < 1.29 is 13.2 Å². The van der Waals surface area contributed by atoms with Crippen molar-refractivity contribution in [2.45, 2.75) is 16.9 Å². The highest BCUT2D eigenvalue weighted by molar-refractivity contribution is 7.90. The molecule has 0 radical (unpaired) electrons. The van der Waals surface area contributed by atoms with E-state index in [9.17, 15) is 8.42 Å². The molecule has 0 spiro atoms. The zero-order chi connectivity index (χ0) is 12.5. The summed E-state index contributed by atoms with van der Waals surface area (Å²) in [5, 5.41) is 3.17. The minimum Gasteiger partial charge on any atom is -0.375 e. The molecular formula is C12H17NO3S. The molecule has 2 rings (SSSR count). The molecule has 94 valence electrons. The molecule has 0 saturated carbocycles. The van der Waals surface area contributed by atoms with Crippen LogP contribution in [0.1, 0.15) is 5.56 Å². The Morgan fingerprint density at radius 2 is 2.12 bits per heavy atom. The fourth-order valence-electron chi connectivity index (χ4n) is 2.00. The smallest absolute Gasteiger partial charge is 0.175 e. The number of hydrogen-bond donors (Lipinski definition) is 1. The number of rotatable bonds is 4. The topological polar surface area (TPSA) is 55.4 Å². The lowest BCUT2D eigenvalue weighted by Crippen LogP contribution is -2.61. The molecule has 1 aliphatic rings. The van der Waals surface area contributed by atoms with Gasteiger partial charge in [0.1, 0.15) is 0 Å². The fourth-order valence-corrected chi connectivity index (χ4v) is 2.69. The van der Waals surface area contributed by atoms with Gasteiger partial charge < -0.3 is 10.1 Å². The van der Waals surface area contributed by atoms with Gasteiger partial charge in [0.25, 0.3) is 0 Å². The van der Waals surface area contributed by atoms with E-state index in [1.54, 1.807) is 25.3 Å². The van der Waals surface area contributed by atoms with E-state index >= 15 is 0 Å². The molecule has 5 heteroatoms. The Labute approximate surface area is 102 Å². The average Bonchev–Trinajstić information content (AvgIpc) is 2.23. The molecule has 0 bridgehead atoms. The van der Waals surface area contributed by atoms with Gasteiger partial charge in [0.15, 0.2) is 9.84 Å². The highest BCUT2D eigenvalue weighted by Crippen LogP contribution is 2.23. The van der Waals surface area contributed by atoms with Crippen LogP contribution in [0.4, 0.5) is 0 Å². The van der Waals surface area contributed by atoms with E-state index in [2.05, 4.69) is 5.32 Å². The molecule has 17 heavy (non-hydrogen) atoms. The maximum atomic E-state index is 11.5. The Hall–Kier alpha value is -0.910. The maximum absolute atomic E-state index is 11.5. The van der Waals surface area contributed by atoms with E-state index in [1.165, 1.54) is 6.26 Å². The Kier molecular flexibility index (Phi) is 3.25. The number of methoxy groups -OCH3 is 1. The van der Waals surface area contributed by atoms with Crippen LogP contribution >= 0.6 is 0 Å². The molecule has 0 aliphatic carbocycles. The van der Waals surface area contributed by atoms with Crippen molar-refractivity contribution in [3.05, 3.63) is 29.8 Å². The summed E-state index contributed by atoms with van der Waals surface area (Å²) in [4.78, 5) is 0.369. The standard InChI is InChI=1S/C12H17NO3S/c1-16-12(8-13-9-12)7-10-4-3-5-11(6-10)17(2,14)15/h3-6,13H,7-9H2,1-2H3. The summed E-state index contributed by atoms with van der Waals surface area (Å²) in [6.07, 6.45) is 1.96. The molecule has 1 saturated heterocycles. The lowest BCUT2D eigenvalue weighted by Gasteiger charge is -2.41. The van der Waals surface area contributed by atoms with Gasteiger partial charge in [0.05, 0.1) is 10.5 Å². The molecule has 1 aromatic carbocycles. The summed E-state index contributed by atoms with van der Waals surface area (Å²) in [6, 6.07) is 7.07. The van der Waals surface area contributed by atoms with Gasteiger partial charge in [-0.05, 0) is 17.7 Å². The van der Waals surface area contributed by atoms with Crippen LogP contribution < -0.4 is 5.32 Å². The molecule has 1 aliphatic heterocycles. The van der Waals surface area contributed by atoms with E-state index in [1.807, 2.05) is 6.07 Å². The largest absolute Gasteiger partial charge is 0.375 e. The third-order valence-corrected chi connectivity index (χ3v) is 4.29. The van der Waals surface area contributed by atoms with Gasteiger partial charge in [-0.1, -0.05) is 12.1 Å². The second-order valence-electron chi connectivity index (χ2n) is 4.59. The van der Waals surface area contributed by atoms with Crippen molar-refractivity contribution in [2.24, 2.45) is 0 Å². The van der Waals surface area contributed by atoms with E-state index in [4.69, 9.17) is 4.74 Å². The van der Waals surface area contributed by atoms with Crippen molar-refractivity contribution >= 4 is 9.84 Å². The normalized spacial score (nSPS) is 18.7. The second-order valence-corrected chi connectivity index (χ2v) is 6.60. The van der Waals surface area contributed by atoms with Gasteiger partial charge >= 0.3 is 0 Å². The summed E-state index contributed by atoms with van der Waals surface area (Å²) < 4.78 is 28.4. The Bertz CT molecular complexity index is 501. The lowest BCUT2D eigenvalue weighted by atomic mass is 9.89. The number of ether oxygens (including phenoxy) is 1. The first-order valence-corrected chi connectivity index (χ1v) is 7.39. The highest BCUT2D eigenvalue weighted by Gasteiger charge is 2.36. The van der Waals surface area contributed by atoms with Crippen LogP contribution in [-0.4, -0.2) is 40.5 Å². The van der Waals surface area contributed by atoms with E-state index in [0.29, 0.717) is 4.90 Å². The van der Waals surface area contributed by atoms with Crippen LogP contribution in [0.15, 0.2) is 29.2 Å². The fraction of sp³-hybridized carbons (Fsp3) is 0.500. The lowest BCUT2D eigenvalue weighted by molar-refractivity contribution is -0.0502. The van der Waals surface area contributed by atoms with Crippen molar-refractivity contribution in [1.82, 2.24) is 5.32 Å². The van der Waals surface area contributed by atoms with Crippen LogP contribution in [0.2, 0.25) is 0 Å². The second kappa shape index (κ2) is 4.40. The van der Waals surface area contributed by atoms with Crippen LogP contribution in [-0.2, 0) is 21.0 Å². The maximum Gasteiger partial charge on any atom is 0.175 e. The summed E-state index contributed by atoms with van der Waals surface area (Å²) in [5.74, 6) is 0. The number of sulfone groups is 1. The Balaban J connectivity index is 2.22. The summed E-state index contributed by atoms with van der Waals surface area (Å²) in [7, 11) is -1.44. The number of benzene rings is 1. The van der Waals surface area contributed by atoms with Crippen LogP contribution in [0, 0.1) is 0 Å². The predicted octanol–water partition coefficient (Wildman–Crippen LogP) is 0.621. The zero-order valence-corrected chi connectivity index (χ0v) is 10.9. The van der Waals surface area contributed by atoms with Gasteiger partial charge in [-0.25, -0.2) is 8.42 Å². The van der Waals surface area contributed by atoms with Gasteiger partial charge in [0.2, 0.25) is 0 Å². The van der Waals surface area contributed by atoms with Gasteiger partial charge in [-0.3, -0.25) is 0 Å². The monoisotopic (exact) mass is 255 g/mol. The van der Waals surface area contributed by atoms with Crippen LogP contribution in [0.5, 0.6) is 0 Å².